The van der Waals surface area contributed by atoms with Crippen molar-refractivity contribution in [3.05, 3.63) is 24.0 Å². The average molecular weight is 350 g/mol. The third-order valence-corrected chi connectivity index (χ3v) is 3.21. The fraction of sp³-hybridized carbons (Fsp3) is 0.529. The van der Waals surface area contributed by atoms with Gasteiger partial charge in [-0.3, -0.25) is 4.79 Å². The Morgan fingerprint density at radius 1 is 1.32 bits per heavy atom. The van der Waals surface area contributed by atoms with Crippen LogP contribution in [0.3, 0.4) is 0 Å². The van der Waals surface area contributed by atoms with Crippen molar-refractivity contribution in [1.29, 1.82) is 0 Å². The van der Waals surface area contributed by atoms with Crippen molar-refractivity contribution in [3.8, 4) is 0 Å². The van der Waals surface area contributed by atoms with Crippen LogP contribution in [0.15, 0.2) is 18.2 Å². The summed E-state index contributed by atoms with van der Waals surface area (Å²) in [5.41, 5.74) is -0.407. The molecule has 2 radical (unpaired) electrons. The zero-order valence-corrected chi connectivity index (χ0v) is 15.0. The second-order valence-electron chi connectivity index (χ2n) is 6.55. The van der Waals surface area contributed by atoms with Crippen molar-refractivity contribution in [2.45, 2.75) is 45.3 Å². The van der Waals surface area contributed by atoms with E-state index in [-0.39, 0.29) is 24.1 Å². The zero-order valence-electron chi connectivity index (χ0n) is 15.0. The van der Waals surface area contributed by atoms with E-state index in [1.54, 1.807) is 26.8 Å². The molecule has 0 spiro atoms. The third-order valence-electron chi connectivity index (χ3n) is 3.21. The summed E-state index contributed by atoms with van der Waals surface area (Å²) in [6.07, 6.45) is -0.196. The van der Waals surface area contributed by atoms with Gasteiger partial charge in [0.1, 0.15) is 19.3 Å². The number of benzene rings is 1. The van der Waals surface area contributed by atoms with E-state index in [0.29, 0.717) is 6.42 Å². The highest BCUT2D eigenvalue weighted by atomic mass is 19.1. The molecular formula is C17H24BFN2O4. The van der Waals surface area contributed by atoms with Crippen LogP contribution in [-0.4, -0.2) is 45.2 Å². The SMILES string of the molecule is [B]c1cccc(NCC(CCC(=O)OC)NC(=O)OC(C)(C)C)c1F. The predicted molar refractivity (Wildman–Crippen MR) is 94.7 cm³/mol. The van der Waals surface area contributed by atoms with Crippen LogP contribution in [0.5, 0.6) is 0 Å². The summed E-state index contributed by atoms with van der Waals surface area (Å²) in [7, 11) is 6.82. The number of amides is 1. The van der Waals surface area contributed by atoms with E-state index in [0.717, 1.165) is 0 Å². The Kier molecular flexibility index (Phi) is 7.73. The number of carbonyl (C=O) groups excluding carboxylic acids is 2. The molecule has 1 amide bonds. The number of alkyl carbamates (subject to hydrolysis) is 1. The summed E-state index contributed by atoms with van der Waals surface area (Å²) in [6, 6.07) is 4.14. The highest BCUT2D eigenvalue weighted by Crippen LogP contribution is 2.12. The molecule has 0 aromatic heterocycles. The minimum atomic E-state index is -0.648. The van der Waals surface area contributed by atoms with Crippen molar-refractivity contribution in [1.82, 2.24) is 5.32 Å². The normalized spacial score (nSPS) is 12.2. The van der Waals surface area contributed by atoms with E-state index in [1.807, 2.05) is 0 Å². The van der Waals surface area contributed by atoms with Crippen LogP contribution in [0, 0.1) is 5.82 Å². The fourth-order valence-electron chi connectivity index (χ4n) is 2.01. The molecule has 8 heteroatoms. The minimum absolute atomic E-state index is 0.0243. The maximum atomic E-state index is 13.9. The highest BCUT2D eigenvalue weighted by Gasteiger charge is 2.20. The summed E-state index contributed by atoms with van der Waals surface area (Å²) in [5.74, 6) is -0.961. The third kappa shape index (κ3) is 7.91. The first-order valence-corrected chi connectivity index (χ1v) is 7.96. The number of carbonyl (C=O) groups is 2. The van der Waals surface area contributed by atoms with Crippen LogP contribution in [-0.2, 0) is 14.3 Å². The van der Waals surface area contributed by atoms with E-state index in [9.17, 15) is 14.0 Å². The Balaban J connectivity index is 2.71. The molecule has 1 unspecified atom stereocenters. The minimum Gasteiger partial charge on any atom is -0.469 e. The average Bonchev–Trinajstić information content (AvgIpc) is 2.51. The molecule has 0 aliphatic rings. The van der Waals surface area contributed by atoms with E-state index < -0.39 is 29.5 Å². The lowest BCUT2D eigenvalue weighted by Crippen LogP contribution is -2.43. The first-order chi connectivity index (χ1) is 11.6. The Hall–Kier alpha value is -2.25. The van der Waals surface area contributed by atoms with Gasteiger partial charge in [-0.25, -0.2) is 9.18 Å². The summed E-state index contributed by atoms with van der Waals surface area (Å²) in [5, 5.41) is 5.56. The van der Waals surface area contributed by atoms with Crippen LogP contribution < -0.4 is 16.1 Å². The number of ether oxygens (including phenoxy) is 2. The van der Waals surface area contributed by atoms with Crippen molar-refractivity contribution in [3.63, 3.8) is 0 Å². The number of hydrogen-bond donors (Lipinski definition) is 2. The molecule has 0 aliphatic heterocycles. The molecule has 1 aromatic carbocycles. The standard InChI is InChI=1S/C17H24BFN2O4/c1-17(2,3)25-16(23)21-11(8-9-14(22)24-4)10-20-13-7-5-6-12(18)15(13)19/h5-7,11,20H,8-10H2,1-4H3,(H,21,23). The van der Waals surface area contributed by atoms with Gasteiger partial charge >= 0.3 is 12.1 Å². The maximum absolute atomic E-state index is 13.9. The van der Waals surface area contributed by atoms with Gasteiger partial charge in [-0.2, -0.15) is 0 Å². The Morgan fingerprint density at radius 3 is 2.60 bits per heavy atom. The quantitative estimate of drug-likeness (QED) is 0.580. The van der Waals surface area contributed by atoms with Gasteiger partial charge in [0, 0.05) is 19.0 Å². The van der Waals surface area contributed by atoms with Gasteiger partial charge in [-0.15, -0.1) is 0 Å². The molecule has 1 atom stereocenters. The van der Waals surface area contributed by atoms with E-state index in [4.69, 9.17) is 12.6 Å². The van der Waals surface area contributed by atoms with Crippen LogP contribution in [0.25, 0.3) is 0 Å². The largest absolute Gasteiger partial charge is 0.469 e. The summed E-state index contributed by atoms with van der Waals surface area (Å²) >= 11 is 0. The molecule has 0 aliphatic carbocycles. The molecule has 1 aromatic rings. The van der Waals surface area contributed by atoms with Gasteiger partial charge in [-0.1, -0.05) is 17.6 Å². The molecule has 0 fully saturated rings. The Bertz CT molecular complexity index is 605. The molecule has 0 saturated heterocycles. The number of rotatable bonds is 7. The van der Waals surface area contributed by atoms with Crippen LogP contribution in [0.1, 0.15) is 33.6 Å². The second-order valence-corrected chi connectivity index (χ2v) is 6.55. The second kappa shape index (κ2) is 9.29. The van der Waals surface area contributed by atoms with E-state index >= 15 is 0 Å². The van der Waals surface area contributed by atoms with Crippen molar-refractivity contribution < 1.29 is 23.5 Å². The van der Waals surface area contributed by atoms with Gasteiger partial charge < -0.3 is 20.1 Å². The van der Waals surface area contributed by atoms with Gasteiger partial charge in [-0.05, 0) is 33.3 Å². The molecule has 6 nitrogen and oxygen atoms in total. The number of halogens is 1. The monoisotopic (exact) mass is 350 g/mol. The van der Waals surface area contributed by atoms with Crippen molar-refractivity contribution in [2.24, 2.45) is 0 Å². The molecule has 0 heterocycles. The number of methoxy groups -OCH3 is 1. The van der Waals surface area contributed by atoms with Crippen molar-refractivity contribution in [2.75, 3.05) is 19.0 Å². The lowest BCUT2D eigenvalue weighted by molar-refractivity contribution is -0.140. The van der Waals surface area contributed by atoms with Gasteiger partial charge in [0.2, 0.25) is 0 Å². The Labute approximate surface area is 148 Å². The Morgan fingerprint density at radius 2 is 2.00 bits per heavy atom. The number of esters is 1. The first-order valence-electron chi connectivity index (χ1n) is 7.96. The summed E-state index contributed by atoms with van der Waals surface area (Å²) in [4.78, 5) is 23.3. The predicted octanol–water partition coefficient (Wildman–Crippen LogP) is 1.88. The highest BCUT2D eigenvalue weighted by molar-refractivity contribution is 6.32. The van der Waals surface area contributed by atoms with E-state index in [1.165, 1.54) is 19.2 Å². The number of anilines is 1. The topological polar surface area (TPSA) is 76.7 Å². The summed E-state index contributed by atoms with van der Waals surface area (Å²) in [6.45, 7) is 5.43. The van der Waals surface area contributed by atoms with Crippen molar-refractivity contribution >= 4 is 31.1 Å². The lowest BCUT2D eigenvalue weighted by Gasteiger charge is -2.24. The van der Waals surface area contributed by atoms with E-state index in [2.05, 4.69) is 15.4 Å². The van der Waals surface area contributed by atoms with Gasteiger partial charge in [0.15, 0.2) is 0 Å². The summed E-state index contributed by atoms with van der Waals surface area (Å²) < 4.78 is 23.7. The molecule has 2 N–H and O–H groups in total. The van der Waals surface area contributed by atoms with Gasteiger partial charge in [0.25, 0.3) is 0 Å². The van der Waals surface area contributed by atoms with Gasteiger partial charge in [0.05, 0.1) is 12.8 Å². The number of hydrogen-bond acceptors (Lipinski definition) is 5. The van der Waals surface area contributed by atoms with Crippen LogP contribution >= 0.6 is 0 Å². The fourth-order valence-corrected chi connectivity index (χ4v) is 2.01. The van der Waals surface area contributed by atoms with Crippen LogP contribution in [0.4, 0.5) is 14.9 Å². The van der Waals surface area contributed by atoms with Crippen LogP contribution in [0.2, 0.25) is 0 Å². The smallest absolute Gasteiger partial charge is 0.407 e. The molecule has 0 bridgehead atoms. The molecule has 136 valence electrons. The molecule has 0 saturated carbocycles. The first kappa shape index (κ1) is 20.8. The number of nitrogens with one attached hydrogen (secondary N) is 2. The lowest BCUT2D eigenvalue weighted by atomic mass is 9.95. The zero-order chi connectivity index (χ0) is 19.0. The molecular weight excluding hydrogens is 326 g/mol. The molecule has 25 heavy (non-hydrogen) atoms. The molecule has 1 rings (SSSR count). The maximum Gasteiger partial charge on any atom is 0.407 e.